The minimum absolute atomic E-state index is 0.0417. The monoisotopic (exact) mass is 390 g/mol. The zero-order valence-corrected chi connectivity index (χ0v) is 15.5. The number of carbonyl (C=O) groups is 3. The summed E-state index contributed by atoms with van der Waals surface area (Å²) >= 11 is 12.0. The number of hydrogen-bond donors (Lipinski definition) is 1. The van der Waals surface area contributed by atoms with E-state index in [2.05, 4.69) is 5.32 Å². The zero-order valence-electron chi connectivity index (χ0n) is 14.0. The summed E-state index contributed by atoms with van der Waals surface area (Å²) in [6.07, 6.45) is 0.110. The molecule has 0 saturated carbocycles. The molecule has 1 saturated heterocycles. The highest BCUT2D eigenvalue weighted by Crippen LogP contribution is 2.29. The molecule has 0 aliphatic carbocycles. The first-order chi connectivity index (χ1) is 12.3. The summed E-state index contributed by atoms with van der Waals surface area (Å²) in [5.74, 6) is -0.965. The number of ketones is 1. The number of halogens is 2. The molecule has 0 radical (unpaired) electrons. The van der Waals surface area contributed by atoms with Crippen molar-refractivity contribution in [2.24, 2.45) is 5.92 Å². The van der Waals surface area contributed by atoms with Crippen LogP contribution in [0.1, 0.15) is 23.7 Å². The Hall–Kier alpha value is -2.37. The van der Waals surface area contributed by atoms with E-state index in [0.717, 1.165) is 0 Å². The molecule has 26 heavy (non-hydrogen) atoms. The maximum Gasteiger partial charge on any atom is 0.229 e. The Morgan fingerprint density at radius 3 is 2.46 bits per heavy atom. The minimum Gasteiger partial charge on any atom is -0.324 e. The Bertz CT molecular complexity index is 881. The van der Waals surface area contributed by atoms with Crippen molar-refractivity contribution in [3.8, 4) is 0 Å². The molecule has 1 fully saturated rings. The van der Waals surface area contributed by atoms with Crippen molar-refractivity contribution in [1.82, 2.24) is 0 Å². The van der Waals surface area contributed by atoms with Crippen LogP contribution in [-0.2, 0) is 9.59 Å². The van der Waals surface area contributed by atoms with E-state index < -0.39 is 5.92 Å². The summed E-state index contributed by atoms with van der Waals surface area (Å²) in [7, 11) is 0. The van der Waals surface area contributed by atoms with Gasteiger partial charge in [-0.3, -0.25) is 14.4 Å². The van der Waals surface area contributed by atoms with Crippen LogP contribution < -0.4 is 10.2 Å². The minimum atomic E-state index is -0.495. The maximum atomic E-state index is 12.5. The predicted molar refractivity (Wildman–Crippen MR) is 102 cm³/mol. The van der Waals surface area contributed by atoms with Crippen molar-refractivity contribution in [1.29, 1.82) is 0 Å². The summed E-state index contributed by atoms with van der Waals surface area (Å²) in [5, 5.41) is 3.57. The molecule has 1 heterocycles. The first-order valence-electron chi connectivity index (χ1n) is 8.02. The van der Waals surface area contributed by atoms with Gasteiger partial charge in [0.15, 0.2) is 5.78 Å². The van der Waals surface area contributed by atoms with E-state index in [4.69, 9.17) is 23.2 Å². The molecule has 1 N–H and O–H groups in total. The number of amides is 2. The molecule has 1 aliphatic rings. The third kappa shape index (κ3) is 3.89. The van der Waals surface area contributed by atoms with E-state index in [1.807, 2.05) is 0 Å². The van der Waals surface area contributed by atoms with Crippen LogP contribution in [0.5, 0.6) is 0 Å². The number of benzene rings is 2. The molecule has 1 atom stereocenters. The quantitative estimate of drug-likeness (QED) is 0.795. The predicted octanol–water partition coefficient (Wildman–Crippen LogP) is 4.19. The first-order valence-corrected chi connectivity index (χ1v) is 8.78. The van der Waals surface area contributed by atoms with Crippen LogP contribution in [0, 0.1) is 5.92 Å². The van der Waals surface area contributed by atoms with Gasteiger partial charge in [-0.05, 0) is 49.4 Å². The topological polar surface area (TPSA) is 66.5 Å². The fourth-order valence-corrected chi connectivity index (χ4v) is 3.17. The van der Waals surface area contributed by atoms with Crippen LogP contribution in [0.3, 0.4) is 0 Å². The molecule has 0 aromatic heterocycles. The van der Waals surface area contributed by atoms with Crippen LogP contribution in [-0.4, -0.2) is 24.1 Å². The van der Waals surface area contributed by atoms with Crippen molar-refractivity contribution < 1.29 is 14.4 Å². The average Bonchev–Trinajstić information content (AvgIpc) is 3.00. The van der Waals surface area contributed by atoms with Crippen molar-refractivity contribution in [3.63, 3.8) is 0 Å². The summed E-state index contributed by atoms with van der Waals surface area (Å²) in [4.78, 5) is 37.7. The molecule has 1 aliphatic heterocycles. The number of anilines is 2. The summed E-state index contributed by atoms with van der Waals surface area (Å²) < 4.78 is 0. The van der Waals surface area contributed by atoms with E-state index in [0.29, 0.717) is 27.0 Å². The van der Waals surface area contributed by atoms with Crippen LogP contribution in [0.25, 0.3) is 0 Å². The fourth-order valence-electron chi connectivity index (χ4n) is 2.84. The van der Waals surface area contributed by atoms with Gasteiger partial charge in [0.05, 0.1) is 16.6 Å². The highest BCUT2D eigenvalue weighted by atomic mass is 35.5. The van der Waals surface area contributed by atoms with Crippen molar-refractivity contribution in [3.05, 3.63) is 58.1 Å². The fraction of sp³-hybridized carbons (Fsp3) is 0.211. The second-order valence-electron chi connectivity index (χ2n) is 6.12. The molecular weight excluding hydrogens is 375 g/mol. The lowest BCUT2D eigenvalue weighted by atomic mass is 10.1. The lowest BCUT2D eigenvalue weighted by Crippen LogP contribution is -2.28. The lowest BCUT2D eigenvalue weighted by molar-refractivity contribution is -0.122. The maximum absolute atomic E-state index is 12.5. The zero-order chi connectivity index (χ0) is 18.8. The molecule has 134 valence electrons. The molecule has 2 aromatic carbocycles. The summed E-state index contributed by atoms with van der Waals surface area (Å²) in [6, 6.07) is 11.6. The number of carbonyl (C=O) groups excluding carboxylic acids is 3. The Morgan fingerprint density at radius 2 is 1.81 bits per heavy atom. The molecule has 5 nitrogen and oxygen atoms in total. The standard InChI is InChI=1S/C19H16Cl2N2O3/c1-11(24)12-2-5-15(6-3-12)23-10-13(8-18(23)25)19(26)22-17-9-14(20)4-7-16(17)21/h2-7,9,13H,8,10H2,1H3,(H,22,26). The molecule has 3 rings (SSSR count). The van der Waals surface area contributed by atoms with Gasteiger partial charge in [-0.25, -0.2) is 0 Å². The molecule has 7 heteroatoms. The number of hydrogen-bond acceptors (Lipinski definition) is 3. The van der Waals surface area contributed by atoms with Crippen molar-refractivity contribution >= 4 is 52.2 Å². The highest BCUT2D eigenvalue weighted by molar-refractivity contribution is 6.35. The average molecular weight is 391 g/mol. The van der Waals surface area contributed by atoms with Gasteiger partial charge < -0.3 is 10.2 Å². The Kier molecular flexibility index (Phi) is 5.30. The van der Waals surface area contributed by atoms with Gasteiger partial charge in [0, 0.05) is 29.2 Å². The molecule has 0 bridgehead atoms. The number of Topliss-reactive ketones (excluding diaryl/α,β-unsaturated/α-hetero) is 1. The number of rotatable bonds is 4. The lowest BCUT2D eigenvalue weighted by Gasteiger charge is -2.17. The van der Waals surface area contributed by atoms with Gasteiger partial charge >= 0.3 is 0 Å². The van der Waals surface area contributed by atoms with E-state index >= 15 is 0 Å². The third-order valence-electron chi connectivity index (χ3n) is 4.27. The molecule has 2 amide bonds. The summed E-state index contributed by atoms with van der Waals surface area (Å²) in [5.41, 5.74) is 1.65. The van der Waals surface area contributed by atoms with E-state index in [1.54, 1.807) is 47.4 Å². The van der Waals surface area contributed by atoms with Gasteiger partial charge in [-0.15, -0.1) is 0 Å². The third-order valence-corrected chi connectivity index (χ3v) is 4.83. The van der Waals surface area contributed by atoms with Gasteiger partial charge in [0.1, 0.15) is 0 Å². The van der Waals surface area contributed by atoms with Crippen LogP contribution in [0.4, 0.5) is 11.4 Å². The Morgan fingerprint density at radius 1 is 1.12 bits per heavy atom. The van der Waals surface area contributed by atoms with Crippen LogP contribution >= 0.6 is 23.2 Å². The Balaban J connectivity index is 1.71. The van der Waals surface area contributed by atoms with Gasteiger partial charge in [-0.1, -0.05) is 23.2 Å². The SMILES string of the molecule is CC(=O)c1ccc(N2CC(C(=O)Nc3cc(Cl)ccc3Cl)CC2=O)cc1. The van der Waals surface area contributed by atoms with Crippen LogP contribution in [0.2, 0.25) is 10.0 Å². The largest absolute Gasteiger partial charge is 0.324 e. The van der Waals surface area contributed by atoms with Crippen molar-refractivity contribution in [2.75, 3.05) is 16.8 Å². The van der Waals surface area contributed by atoms with E-state index in [1.165, 1.54) is 6.92 Å². The highest BCUT2D eigenvalue weighted by Gasteiger charge is 2.35. The van der Waals surface area contributed by atoms with Gasteiger partial charge in [-0.2, -0.15) is 0 Å². The Labute approximate surface area is 160 Å². The molecule has 1 unspecified atom stereocenters. The van der Waals surface area contributed by atoms with Crippen LogP contribution in [0.15, 0.2) is 42.5 Å². The second kappa shape index (κ2) is 7.48. The molecule has 0 spiro atoms. The summed E-state index contributed by atoms with van der Waals surface area (Å²) in [6.45, 7) is 1.75. The second-order valence-corrected chi connectivity index (χ2v) is 6.97. The normalized spacial score (nSPS) is 16.7. The van der Waals surface area contributed by atoms with E-state index in [-0.39, 0.29) is 30.6 Å². The van der Waals surface area contributed by atoms with Crippen molar-refractivity contribution in [2.45, 2.75) is 13.3 Å². The number of nitrogens with zero attached hydrogens (tertiary/aromatic N) is 1. The van der Waals surface area contributed by atoms with Gasteiger partial charge in [0.2, 0.25) is 11.8 Å². The smallest absolute Gasteiger partial charge is 0.229 e. The molecule has 2 aromatic rings. The number of nitrogens with one attached hydrogen (secondary N) is 1. The van der Waals surface area contributed by atoms with E-state index in [9.17, 15) is 14.4 Å². The first kappa shape index (κ1) is 18.4. The van der Waals surface area contributed by atoms with Gasteiger partial charge in [0.25, 0.3) is 0 Å². The molecular formula is C19H16Cl2N2O3.